The summed E-state index contributed by atoms with van der Waals surface area (Å²) in [6.45, 7) is 9.11. The van der Waals surface area contributed by atoms with Gasteiger partial charge in [0.1, 0.15) is 0 Å². The topological polar surface area (TPSA) is 70.7 Å². The lowest BCUT2D eigenvalue weighted by Crippen LogP contribution is -2.41. The Morgan fingerprint density at radius 2 is 2.15 bits per heavy atom. The molecule has 0 aromatic heterocycles. The fraction of sp³-hybridized carbons (Fsp3) is 0.800. The number of likely N-dealkylation sites (tertiary alicyclic amines) is 1. The number of fused-ring (bicyclic) bond motifs is 1. The first kappa shape index (κ1) is 19.4. The normalized spacial score (nSPS) is 32.4. The summed E-state index contributed by atoms with van der Waals surface area (Å²) in [4.78, 5) is 26.3. The summed E-state index contributed by atoms with van der Waals surface area (Å²) >= 11 is 0. The van der Waals surface area contributed by atoms with E-state index in [2.05, 4.69) is 29.0 Å². The number of hydrogen-bond donors (Lipinski definition) is 2. The molecule has 0 aliphatic carbocycles. The van der Waals surface area contributed by atoms with Gasteiger partial charge in [0.2, 0.25) is 11.8 Å². The van der Waals surface area contributed by atoms with E-state index in [1.165, 1.54) is 0 Å². The second kappa shape index (κ2) is 8.53. The average molecular weight is 364 g/mol. The molecule has 3 fully saturated rings. The number of ether oxygens (including phenoxy) is 1. The average Bonchev–Trinajstić information content (AvgIpc) is 3.26. The molecule has 2 amide bonds. The minimum absolute atomic E-state index is 0.0385. The van der Waals surface area contributed by atoms with Gasteiger partial charge in [-0.05, 0) is 19.3 Å². The van der Waals surface area contributed by atoms with Crippen LogP contribution in [0.1, 0.15) is 45.4 Å². The molecular formula is C20H33N3O3. The molecule has 146 valence electrons. The molecule has 0 aromatic carbocycles. The quantitative estimate of drug-likeness (QED) is 0.455. The SMILES string of the molecule is C=CCNC(=O)CN1C[C@@H]2[C@H](CNC(=O)CCCCC)[C@H]3CC[C@]2(C1)O3. The van der Waals surface area contributed by atoms with Crippen LogP contribution in [0.4, 0.5) is 0 Å². The predicted molar refractivity (Wildman–Crippen MR) is 101 cm³/mol. The standard InChI is InChI=1S/C20H33N3O3/c1-3-5-6-7-18(24)22-11-15-16-12-23(13-19(25)21-10-4-2)14-20(16)9-8-17(15)26-20/h4,15-17H,2-3,5-14H2,1H3,(H,21,25)(H,22,24)/t15-,16+,17+,20+/m0/s1. The summed E-state index contributed by atoms with van der Waals surface area (Å²) in [7, 11) is 0. The van der Waals surface area contributed by atoms with Crippen LogP contribution in [0, 0.1) is 11.8 Å². The van der Waals surface area contributed by atoms with E-state index in [-0.39, 0.29) is 23.5 Å². The van der Waals surface area contributed by atoms with Gasteiger partial charge in [-0.15, -0.1) is 6.58 Å². The summed E-state index contributed by atoms with van der Waals surface area (Å²) < 4.78 is 6.38. The number of hydrogen-bond acceptors (Lipinski definition) is 4. The van der Waals surface area contributed by atoms with Crippen molar-refractivity contribution in [1.82, 2.24) is 15.5 Å². The first-order valence-corrected chi connectivity index (χ1v) is 10.1. The third-order valence-corrected chi connectivity index (χ3v) is 6.21. The molecule has 0 unspecified atom stereocenters. The zero-order valence-electron chi connectivity index (χ0n) is 16.0. The van der Waals surface area contributed by atoms with E-state index in [0.29, 0.717) is 37.9 Å². The minimum Gasteiger partial charge on any atom is -0.370 e. The van der Waals surface area contributed by atoms with E-state index in [4.69, 9.17) is 4.74 Å². The van der Waals surface area contributed by atoms with Crippen molar-refractivity contribution in [2.24, 2.45) is 11.8 Å². The molecule has 0 radical (unpaired) electrons. The van der Waals surface area contributed by atoms with Crippen LogP contribution in [0.2, 0.25) is 0 Å². The number of carbonyl (C=O) groups is 2. The number of nitrogens with zero attached hydrogens (tertiary/aromatic N) is 1. The second-order valence-corrected chi connectivity index (χ2v) is 8.05. The van der Waals surface area contributed by atoms with Crippen molar-refractivity contribution in [3.63, 3.8) is 0 Å². The van der Waals surface area contributed by atoms with E-state index in [1.807, 2.05) is 0 Å². The molecular weight excluding hydrogens is 330 g/mol. The van der Waals surface area contributed by atoms with Crippen molar-refractivity contribution in [3.05, 3.63) is 12.7 Å². The van der Waals surface area contributed by atoms with Gasteiger partial charge in [-0.3, -0.25) is 14.5 Å². The Labute approximate surface area is 156 Å². The molecule has 3 saturated heterocycles. The van der Waals surface area contributed by atoms with Crippen LogP contribution in [0.5, 0.6) is 0 Å². The summed E-state index contributed by atoms with van der Waals surface area (Å²) in [5.41, 5.74) is -0.0962. The highest BCUT2D eigenvalue weighted by Crippen LogP contribution is 2.54. The van der Waals surface area contributed by atoms with E-state index in [1.54, 1.807) is 6.08 Å². The highest BCUT2D eigenvalue weighted by atomic mass is 16.5. The highest BCUT2D eigenvalue weighted by molar-refractivity contribution is 5.78. The number of nitrogens with one attached hydrogen (secondary N) is 2. The number of carbonyl (C=O) groups excluding carboxylic acids is 2. The lowest BCUT2D eigenvalue weighted by Gasteiger charge is -2.29. The fourth-order valence-corrected chi connectivity index (χ4v) is 4.98. The Kier molecular flexibility index (Phi) is 6.35. The van der Waals surface area contributed by atoms with Crippen molar-refractivity contribution in [1.29, 1.82) is 0 Å². The van der Waals surface area contributed by atoms with Gasteiger partial charge in [0.15, 0.2) is 0 Å². The van der Waals surface area contributed by atoms with Gasteiger partial charge in [0.25, 0.3) is 0 Å². The van der Waals surface area contributed by atoms with Crippen molar-refractivity contribution in [2.75, 3.05) is 32.7 Å². The lowest BCUT2D eigenvalue weighted by atomic mass is 9.73. The summed E-state index contributed by atoms with van der Waals surface area (Å²) in [6, 6.07) is 0. The number of amides is 2. The molecule has 3 aliphatic rings. The molecule has 6 nitrogen and oxygen atoms in total. The van der Waals surface area contributed by atoms with Crippen molar-refractivity contribution < 1.29 is 14.3 Å². The molecule has 4 atom stereocenters. The molecule has 6 heteroatoms. The zero-order chi connectivity index (χ0) is 18.6. The Morgan fingerprint density at radius 1 is 1.31 bits per heavy atom. The highest BCUT2D eigenvalue weighted by Gasteiger charge is 2.62. The van der Waals surface area contributed by atoms with Crippen LogP contribution in [-0.2, 0) is 14.3 Å². The van der Waals surface area contributed by atoms with Crippen LogP contribution < -0.4 is 10.6 Å². The van der Waals surface area contributed by atoms with E-state index in [9.17, 15) is 9.59 Å². The van der Waals surface area contributed by atoms with Crippen LogP contribution in [0.15, 0.2) is 12.7 Å². The number of unbranched alkanes of at least 4 members (excludes halogenated alkanes) is 2. The molecule has 1 spiro atoms. The van der Waals surface area contributed by atoms with Gasteiger partial charge in [0.05, 0.1) is 18.2 Å². The van der Waals surface area contributed by atoms with Gasteiger partial charge in [-0.2, -0.15) is 0 Å². The largest absolute Gasteiger partial charge is 0.370 e. The Hall–Kier alpha value is -1.40. The predicted octanol–water partition coefficient (Wildman–Crippen LogP) is 1.46. The van der Waals surface area contributed by atoms with E-state index < -0.39 is 0 Å². The molecule has 26 heavy (non-hydrogen) atoms. The second-order valence-electron chi connectivity index (χ2n) is 8.05. The van der Waals surface area contributed by atoms with Gasteiger partial charge < -0.3 is 15.4 Å². The van der Waals surface area contributed by atoms with E-state index >= 15 is 0 Å². The van der Waals surface area contributed by atoms with E-state index in [0.717, 1.165) is 45.2 Å². The van der Waals surface area contributed by atoms with Crippen LogP contribution in [0.3, 0.4) is 0 Å². The third kappa shape index (κ3) is 4.12. The maximum absolute atomic E-state index is 12.1. The molecule has 0 aromatic rings. The molecule has 3 aliphatic heterocycles. The van der Waals surface area contributed by atoms with Crippen molar-refractivity contribution in [3.8, 4) is 0 Å². The monoisotopic (exact) mass is 363 g/mol. The van der Waals surface area contributed by atoms with Crippen LogP contribution in [-0.4, -0.2) is 61.1 Å². The fourth-order valence-electron chi connectivity index (χ4n) is 4.98. The molecule has 0 saturated carbocycles. The summed E-state index contributed by atoms with van der Waals surface area (Å²) in [5, 5.41) is 5.98. The molecule has 3 rings (SSSR count). The van der Waals surface area contributed by atoms with Gasteiger partial charge in [-0.1, -0.05) is 25.8 Å². The van der Waals surface area contributed by atoms with Crippen LogP contribution >= 0.6 is 0 Å². The van der Waals surface area contributed by atoms with Crippen molar-refractivity contribution >= 4 is 11.8 Å². The van der Waals surface area contributed by atoms with Gasteiger partial charge in [0, 0.05) is 44.4 Å². The molecule has 2 bridgehead atoms. The first-order chi connectivity index (χ1) is 12.6. The maximum atomic E-state index is 12.1. The Balaban J connectivity index is 1.50. The summed E-state index contributed by atoms with van der Waals surface area (Å²) in [5.74, 6) is 0.995. The third-order valence-electron chi connectivity index (χ3n) is 6.21. The van der Waals surface area contributed by atoms with Gasteiger partial charge in [-0.25, -0.2) is 0 Å². The summed E-state index contributed by atoms with van der Waals surface area (Å²) in [6.07, 6.45) is 7.94. The minimum atomic E-state index is -0.0962. The lowest BCUT2D eigenvalue weighted by molar-refractivity contribution is -0.122. The number of rotatable bonds is 10. The van der Waals surface area contributed by atoms with Crippen LogP contribution in [0.25, 0.3) is 0 Å². The smallest absolute Gasteiger partial charge is 0.234 e. The van der Waals surface area contributed by atoms with Gasteiger partial charge >= 0.3 is 0 Å². The molecule has 2 N–H and O–H groups in total. The first-order valence-electron chi connectivity index (χ1n) is 10.1. The van der Waals surface area contributed by atoms with Crippen molar-refractivity contribution in [2.45, 2.75) is 57.2 Å². The Morgan fingerprint density at radius 3 is 2.92 bits per heavy atom. The zero-order valence-corrected chi connectivity index (χ0v) is 16.0. The Bertz CT molecular complexity index is 538. The molecule has 3 heterocycles. The maximum Gasteiger partial charge on any atom is 0.234 e.